The topological polar surface area (TPSA) is 57.5 Å². The molecule has 0 saturated heterocycles. The van der Waals surface area contributed by atoms with Gasteiger partial charge in [0, 0.05) is 0 Å². The van der Waals surface area contributed by atoms with Gasteiger partial charge in [-0.1, -0.05) is 0 Å². The van der Waals surface area contributed by atoms with E-state index < -0.39 is 6.16 Å². The summed E-state index contributed by atoms with van der Waals surface area (Å²) in [6, 6.07) is 0. The molecule has 0 saturated carbocycles. The number of carboxylic acid groups (broad SMARTS) is 2. The van der Waals surface area contributed by atoms with E-state index >= 15 is 0 Å². The first-order valence-electron chi connectivity index (χ1n) is 0.651. The van der Waals surface area contributed by atoms with E-state index in [2.05, 4.69) is 0 Å². The molecule has 0 amide bonds. The van der Waals surface area contributed by atoms with Crippen molar-refractivity contribution in [1.82, 2.24) is 0 Å². The van der Waals surface area contributed by atoms with Crippen molar-refractivity contribution in [1.29, 1.82) is 0 Å². The molecule has 10 heteroatoms. The molecule has 0 aromatic heterocycles. The fraction of sp³-hybridized carbons (Fsp3) is 0. The molecule has 0 aliphatic rings. The van der Waals surface area contributed by atoms with Crippen LogP contribution in [0.1, 0.15) is 0 Å². The summed E-state index contributed by atoms with van der Waals surface area (Å²) in [5.41, 5.74) is 0. The molecule has 0 aliphatic carbocycles. The molecule has 0 aliphatic heterocycles. The molecule has 2 N–H and O–H groups in total. The maximum atomic E-state index is 8.56. The van der Waals surface area contributed by atoms with Crippen LogP contribution in [0.2, 0.25) is 0 Å². The first kappa shape index (κ1) is 49.5. The van der Waals surface area contributed by atoms with Crippen LogP contribution in [0.25, 0.3) is 0 Å². The molecule has 0 aromatic carbocycles. The molecular weight excluding hydrogens is 334 g/mol. The SMILES string of the molecule is O=C(O)O.[KH].[KH].[KH].[KH].[KH].[KH].[KH]. The van der Waals surface area contributed by atoms with Gasteiger partial charge in [0.1, 0.15) is 0 Å². The summed E-state index contributed by atoms with van der Waals surface area (Å²) in [5.74, 6) is 0. The van der Waals surface area contributed by atoms with E-state index in [4.69, 9.17) is 15.0 Å². The van der Waals surface area contributed by atoms with Crippen LogP contribution in [0.3, 0.4) is 0 Å². The van der Waals surface area contributed by atoms with E-state index in [1.54, 1.807) is 0 Å². The van der Waals surface area contributed by atoms with Crippen LogP contribution in [-0.4, -0.2) is 376 Å². The van der Waals surface area contributed by atoms with E-state index in [0.717, 1.165) is 0 Å². The third-order valence-corrected chi connectivity index (χ3v) is 0. The number of rotatable bonds is 0. The molecule has 11 heavy (non-hydrogen) atoms. The van der Waals surface area contributed by atoms with Crippen molar-refractivity contribution in [3.63, 3.8) is 0 Å². The molecule has 0 spiro atoms. The molecule has 0 aromatic rings. The molecule has 0 atom stereocenters. The van der Waals surface area contributed by atoms with Gasteiger partial charge in [0.2, 0.25) is 0 Å². The van der Waals surface area contributed by atoms with Gasteiger partial charge in [-0.05, 0) is 0 Å². The van der Waals surface area contributed by atoms with Gasteiger partial charge in [-0.25, -0.2) is 4.79 Å². The minimum absolute atomic E-state index is 0. The summed E-state index contributed by atoms with van der Waals surface area (Å²) >= 11 is 0. The Kier molecular flexibility index (Phi) is 193. The Labute approximate surface area is 365 Å². The summed E-state index contributed by atoms with van der Waals surface area (Å²) in [7, 11) is 0. The quantitative estimate of drug-likeness (QED) is 0.438. The van der Waals surface area contributed by atoms with Crippen LogP contribution in [0.15, 0.2) is 0 Å². The zero-order valence-electron chi connectivity index (χ0n) is 1.80. The summed E-state index contributed by atoms with van der Waals surface area (Å²) < 4.78 is 0. The van der Waals surface area contributed by atoms with Crippen LogP contribution >= 0.6 is 0 Å². The Morgan fingerprint density at radius 1 is 0.636 bits per heavy atom. The van der Waals surface area contributed by atoms with Crippen LogP contribution in [-0.2, 0) is 0 Å². The average Bonchev–Trinajstić information content (AvgIpc) is 0.811. The van der Waals surface area contributed by atoms with Gasteiger partial charge in [-0.2, -0.15) is 0 Å². The van der Waals surface area contributed by atoms with E-state index in [1.165, 1.54) is 0 Å². The van der Waals surface area contributed by atoms with Crippen LogP contribution in [0.4, 0.5) is 4.79 Å². The third-order valence-electron chi connectivity index (χ3n) is 0. The second-order valence-corrected chi connectivity index (χ2v) is 0.283. The van der Waals surface area contributed by atoms with Crippen LogP contribution < -0.4 is 0 Å². The first-order chi connectivity index (χ1) is 1.73. The number of carbonyl (C=O) groups is 1. The van der Waals surface area contributed by atoms with Crippen molar-refractivity contribution in [2.45, 2.75) is 0 Å². The summed E-state index contributed by atoms with van der Waals surface area (Å²) in [4.78, 5) is 8.56. The van der Waals surface area contributed by atoms with Crippen molar-refractivity contribution in [3.8, 4) is 0 Å². The molecule has 0 bridgehead atoms. The van der Waals surface area contributed by atoms with E-state index in [0.29, 0.717) is 0 Å². The zero-order chi connectivity index (χ0) is 3.58. The molecule has 0 fully saturated rings. The van der Waals surface area contributed by atoms with Gasteiger partial charge in [-0.3, -0.25) is 0 Å². The van der Waals surface area contributed by atoms with E-state index in [-0.39, 0.29) is 360 Å². The van der Waals surface area contributed by atoms with Crippen molar-refractivity contribution >= 4 is 366 Å². The fourth-order valence-corrected chi connectivity index (χ4v) is 0. The van der Waals surface area contributed by atoms with Crippen molar-refractivity contribution in [3.05, 3.63) is 0 Å². The average molecular weight is 343 g/mol. The minimum atomic E-state index is -1.83. The molecule has 38 valence electrons. The Morgan fingerprint density at radius 3 is 0.636 bits per heavy atom. The van der Waals surface area contributed by atoms with Crippen molar-refractivity contribution in [2.24, 2.45) is 0 Å². The summed E-state index contributed by atoms with van der Waals surface area (Å²) in [6.07, 6.45) is -1.83. The van der Waals surface area contributed by atoms with E-state index in [9.17, 15) is 0 Å². The maximum absolute atomic E-state index is 8.56. The van der Waals surface area contributed by atoms with Gasteiger partial charge in [0.25, 0.3) is 0 Å². The van der Waals surface area contributed by atoms with Gasteiger partial charge in [-0.15, -0.1) is 0 Å². The number of hydrogen-bond acceptors (Lipinski definition) is 1. The molecule has 0 heterocycles. The number of hydrogen-bond donors (Lipinski definition) is 2. The Hall–Kier alpha value is 10.7. The molecule has 0 unspecified atom stereocenters. The molecule has 0 rings (SSSR count). The summed E-state index contributed by atoms with van der Waals surface area (Å²) in [6.45, 7) is 0. The third kappa shape index (κ3) is 63.2. The van der Waals surface area contributed by atoms with E-state index in [1.807, 2.05) is 0 Å². The second-order valence-electron chi connectivity index (χ2n) is 0.283. The van der Waals surface area contributed by atoms with Crippen molar-refractivity contribution < 1.29 is 15.0 Å². The summed E-state index contributed by atoms with van der Waals surface area (Å²) in [5, 5.41) is 13.9. The predicted octanol–water partition coefficient (Wildman–Crippen LogP) is -4.32. The Balaban J connectivity index is -0.00000000214. The van der Waals surface area contributed by atoms with Gasteiger partial charge in [0.15, 0.2) is 0 Å². The zero-order valence-corrected chi connectivity index (χ0v) is 1.80. The van der Waals surface area contributed by atoms with Gasteiger partial charge < -0.3 is 10.2 Å². The predicted molar refractivity (Wildman–Crippen MR) is 60.7 cm³/mol. The van der Waals surface area contributed by atoms with Crippen LogP contribution in [0, 0.1) is 0 Å². The monoisotopic (exact) mass is 342 g/mol. The first-order valence-corrected chi connectivity index (χ1v) is 0.651. The normalized spacial score (nSPS) is 2.18. The fourth-order valence-electron chi connectivity index (χ4n) is 0. The molecule has 0 radical (unpaired) electrons. The molecular formula is CH9K7O3. The Morgan fingerprint density at radius 2 is 0.636 bits per heavy atom. The molecule has 3 nitrogen and oxygen atoms in total. The standard InChI is InChI=1S/CH2O3.7K.7H/c2-1(3)4;;;;;;;;;;;;;;/h(H2,2,3,4);;;;;;;;;;;;;;. The Bertz CT molecular complexity index is 36.7. The van der Waals surface area contributed by atoms with Gasteiger partial charge in [0.05, 0.1) is 0 Å². The second kappa shape index (κ2) is 42.8. The van der Waals surface area contributed by atoms with Gasteiger partial charge >= 0.3 is 366 Å². The van der Waals surface area contributed by atoms with Crippen LogP contribution in [0.5, 0.6) is 0 Å². The van der Waals surface area contributed by atoms with Crippen molar-refractivity contribution in [2.75, 3.05) is 0 Å².